The molecular formula is C27H21Cl2OPZr. The molecule has 0 saturated carbocycles. The van der Waals surface area contributed by atoms with Crippen molar-refractivity contribution in [3.05, 3.63) is 119 Å². The maximum absolute atomic E-state index is 5.88. The minimum Gasteiger partial charge on any atom is -1.00 e. The van der Waals surface area contributed by atoms with Gasteiger partial charge in [-0.25, -0.2) is 0 Å². The molecular weight excluding hydrogens is 533 g/mol. The summed E-state index contributed by atoms with van der Waals surface area (Å²) in [4.78, 5) is 0. The quantitative estimate of drug-likeness (QED) is 0.447. The normalized spacial score (nSPS) is 22.7. The van der Waals surface area contributed by atoms with Crippen LogP contribution in [0.4, 0.5) is 0 Å². The molecule has 0 radical (unpaired) electrons. The van der Waals surface area contributed by atoms with Crippen LogP contribution in [-0.2, 0) is 26.2 Å². The number of fused-ring (bicyclic) bond motifs is 2. The fourth-order valence-electron chi connectivity index (χ4n) is 4.97. The van der Waals surface area contributed by atoms with Crippen molar-refractivity contribution in [3.63, 3.8) is 0 Å². The standard InChI is InChI=1S/C27H21OP.2ClH.Zr/c1-27(17-20-9-5-11-25(20)29-27)26-22-13-12-19(18-7-3-2-4-8-18)15-21(22)16-23(26)24-10-6-14-28-24;;;/h2-17,26,29H,1H3;2*1H;/q;;;+2/p-2. The van der Waals surface area contributed by atoms with Crippen LogP contribution in [0.3, 0.4) is 0 Å². The Bertz CT molecular complexity index is 1240. The fraction of sp³-hybridized carbons (Fsp3) is 0.111. The zero-order chi connectivity index (χ0) is 19.4. The number of hydrogen-bond acceptors (Lipinski definition) is 1. The minimum atomic E-state index is 0. The summed E-state index contributed by atoms with van der Waals surface area (Å²) >= 11 is 0. The van der Waals surface area contributed by atoms with Crippen molar-refractivity contribution in [2.75, 3.05) is 0 Å². The number of rotatable bonds is 3. The summed E-state index contributed by atoms with van der Waals surface area (Å²) in [5, 5.41) is 1.56. The number of hydrogen-bond donors (Lipinski definition) is 0. The van der Waals surface area contributed by atoms with Gasteiger partial charge in [0.05, 0.1) is 6.26 Å². The van der Waals surface area contributed by atoms with E-state index >= 15 is 0 Å². The molecule has 6 rings (SSSR count). The third-order valence-electron chi connectivity index (χ3n) is 6.24. The molecule has 0 amide bonds. The number of allylic oxidation sites excluding steroid dienone is 7. The summed E-state index contributed by atoms with van der Waals surface area (Å²) in [6.07, 6.45) is 13.3. The number of benzene rings is 2. The Morgan fingerprint density at radius 2 is 1.75 bits per heavy atom. The van der Waals surface area contributed by atoms with Gasteiger partial charge in [-0.2, -0.15) is 0 Å². The molecule has 158 valence electrons. The van der Waals surface area contributed by atoms with Crippen LogP contribution in [0.2, 0.25) is 0 Å². The van der Waals surface area contributed by atoms with Gasteiger partial charge in [0.25, 0.3) is 0 Å². The number of halogens is 2. The van der Waals surface area contributed by atoms with E-state index in [0.29, 0.717) is 5.92 Å². The first kappa shape index (κ1) is 25.2. The molecule has 3 unspecified atom stereocenters. The molecule has 1 aromatic heterocycles. The van der Waals surface area contributed by atoms with E-state index in [0.717, 1.165) is 14.3 Å². The molecule has 0 saturated heterocycles. The average molecular weight is 555 g/mol. The molecule has 0 fully saturated rings. The van der Waals surface area contributed by atoms with Crippen molar-refractivity contribution < 1.29 is 55.4 Å². The zero-order valence-electron chi connectivity index (χ0n) is 17.5. The van der Waals surface area contributed by atoms with E-state index < -0.39 is 0 Å². The van der Waals surface area contributed by atoms with E-state index in [1.54, 1.807) is 6.26 Å². The summed E-state index contributed by atoms with van der Waals surface area (Å²) in [6.45, 7) is 2.41. The van der Waals surface area contributed by atoms with Gasteiger partial charge in [-0.1, -0.05) is 82.3 Å². The molecule has 5 heteroatoms. The van der Waals surface area contributed by atoms with E-state index in [2.05, 4.69) is 91.9 Å². The second-order valence-electron chi connectivity index (χ2n) is 8.17. The van der Waals surface area contributed by atoms with Gasteiger partial charge in [0, 0.05) is 16.6 Å². The van der Waals surface area contributed by atoms with Gasteiger partial charge in [0.1, 0.15) is 5.76 Å². The third kappa shape index (κ3) is 4.12. The van der Waals surface area contributed by atoms with Crippen LogP contribution in [0.5, 0.6) is 0 Å². The van der Waals surface area contributed by atoms with Crippen LogP contribution < -0.4 is 24.8 Å². The second-order valence-corrected chi connectivity index (χ2v) is 10.0. The molecule has 0 bridgehead atoms. The largest absolute Gasteiger partial charge is 2.00 e. The van der Waals surface area contributed by atoms with Crippen molar-refractivity contribution >= 4 is 20.2 Å². The third-order valence-corrected chi connectivity index (χ3v) is 7.94. The van der Waals surface area contributed by atoms with Crippen LogP contribution in [0.15, 0.2) is 107 Å². The first-order chi connectivity index (χ1) is 14.2. The van der Waals surface area contributed by atoms with Crippen LogP contribution >= 0.6 is 8.58 Å². The van der Waals surface area contributed by atoms with Gasteiger partial charge >= 0.3 is 26.2 Å². The predicted octanol–water partition coefficient (Wildman–Crippen LogP) is 1.42. The van der Waals surface area contributed by atoms with Crippen LogP contribution in [0.1, 0.15) is 29.7 Å². The summed E-state index contributed by atoms with van der Waals surface area (Å²) in [7, 11) is 0.767. The Morgan fingerprint density at radius 3 is 2.47 bits per heavy atom. The van der Waals surface area contributed by atoms with Crippen molar-refractivity contribution in [3.8, 4) is 11.1 Å². The van der Waals surface area contributed by atoms with E-state index in [4.69, 9.17) is 4.42 Å². The smallest absolute Gasteiger partial charge is 1.00 e. The van der Waals surface area contributed by atoms with Crippen LogP contribution in [0, 0.1) is 0 Å². The Labute approximate surface area is 222 Å². The molecule has 0 N–H and O–H groups in total. The predicted molar refractivity (Wildman–Crippen MR) is 123 cm³/mol. The summed E-state index contributed by atoms with van der Waals surface area (Å²) in [6, 6.07) is 21.6. The van der Waals surface area contributed by atoms with Gasteiger partial charge in [-0.15, -0.1) is 0 Å². The van der Waals surface area contributed by atoms with E-state index in [1.165, 1.54) is 38.7 Å². The summed E-state index contributed by atoms with van der Waals surface area (Å²) in [5.41, 5.74) is 7.94. The zero-order valence-corrected chi connectivity index (χ0v) is 22.4. The molecule has 2 aliphatic carbocycles. The molecule has 2 heterocycles. The van der Waals surface area contributed by atoms with Crippen molar-refractivity contribution in [2.24, 2.45) is 0 Å². The monoisotopic (exact) mass is 552 g/mol. The van der Waals surface area contributed by atoms with Crippen molar-refractivity contribution in [1.82, 2.24) is 0 Å². The Hall–Kier alpha value is -1.43. The van der Waals surface area contributed by atoms with Crippen LogP contribution in [0.25, 0.3) is 22.8 Å². The van der Waals surface area contributed by atoms with Crippen molar-refractivity contribution in [2.45, 2.75) is 18.0 Å². The molecule has 3 aliphatic rings. The van der Waals surface area contributed by atoms with E-state index in [-0.39, 0.29) is 56.2 Å². The molecule has 0 spiro atoms. The van der Waals surface area contributed by atoms with Gasteiger partial charge in [0.15, 0.2) is 0 Å². The van der Waals surface area contributed by atoms with Crippen LogP contribution in [-0.4, -0.2) is 5.16 Å². The van der Waals surface area contributed by atoms with Gasteiger partial charge in [-0.05, 0) is 57.4 Å². The molecule has 3 atom stereocenters. The van der Waals surface area contributed by atoms with E-state index in [1.807, 2.05) is 6.07 Å². The molecule has 1 aliphatic heterocycles. The minimum absolute atomic E-state index is 0. The summed E-state index contributed by atoms with van der Waals surface area (Å²) < 4.78 is 5.88. The molecule has 32 heavy (non-hydrogen) atoms. The van der Waals surface area contributed by atoms with Crippen molar-refractivity contribution in [1.29, 1.82) is 0 Å². The Kier molecular flexibility index (Phi) is 7.74. The first-order valence-corrected chi connectivity index (χ1v) is 11.1. The molecule has 3 aromatic rings. The van der Waals surface area contributed by atoms with Gasteiger partial charge in [0.2, 0.25) is 0 Å². The maximum atomic E-state index is 5.88. The molecule has 2 aromatic carbocycles. The van der Waals surface area contributed by atoms with Gasteiger partial charge < -0.3 is 29.2 Å². The fourth-order valence-corrected chi connectivity index (χ4v) is 6.71. The Balaban J connectivity index is 0.000000963. The average Bonchev–Trinajstić information content (AvgIpc) is 3.50. The number of furan rings is 1. The Morgan fingerprint density at radius 1 is 0.938 bits per heavy atom. The molecule has 1 nitrogen and oxygen atoms in total. The first-order valence-electron chi connectivity index (χ1n) is 10.1. The maximum Gasteiger partial charge on any atom is 2.00 e. The SMILES string of the molecule is CC1(C2C(c3ccco3)=Cc3cc(-c4ccccc4)ccc32)C=C2C=CC=C2P1.[Cl-].[Cl-].[Zr+2]. The topological polar surface area (TPSA) is 13.1 Å². The van der Waals surface area contributed by atoms with E-state index in [9.17, 15) is 0 Å². The van der Waals surface area contributed by atoms with Gasteiger partial charge in [-0.3, -0.25) is 0 Å². The summed E-state index contributed by atoms with van der Waals surface area (Å²) in [5.74, 6) is 1.29. The second kappa shape index (κ2) is 9.82.